The fraction of sp³-hybridized carbons (Fsp3) is 0.412. The Morgan fingerprint density at radius 2 is 1.88 bits per heavy atom. The smallest absolute Gasteiger partial charge is 0.308 e. The van der Waals surface area contributed by atoms with Crippen LogP contribution in [-0.4, -0.2) is 27.6 Å². The van der Waals surface area contributed by atoms with Gasteiger partial charge in [0.05, 0.1) is 17.3 Å². The Bertz CT molecular complexity index is 629. The number of allylic oxidation sites excluding steroid dienone is 1. The summed E-state index contributed by atoms with van der Waals surface area (Å²) in [6, 6.07) is 5.52. The molecule has 1 N–H and O–H groups in total. The van der Waals surface area contributed by atoms with Crippen molar-refractivity contribution in [2.75, 3.05) is 0 Å². The van der Waals surface area contributed by atoms with Gasteiger partial charge in [0.1, 0.15) is 5.60 Å². The molecule has 0 radical (unpaired) electrons. The lowest BCUT2D eigenvalue weighted by molar-refractivity contribution is -0.384. The number of esters is 1. The van der Waals surface area contributed by atoms with Crippen molar-refractivity contribution in [3.05, 3.63) is 52.6 Å². The van der Waals surface area contributed by atoms with Crippen LogP contribution in [0.4, 0.5) is 5.69 Å². The number of carboxylic acid groups (broad SMARTS) is 1. The first kappa shape index (κ1) is 19.3. The highest BCUT2D eigenvalue weighted by Gasteiger charge is 2.31. The summed E-state index contributed by atoms with van der Waals surface area (Å²) in [6.45, 7) is 8.72. The number of nitro benzene ring substituents is 1. The van der Waals surface area contributed by atoms with E-state index in [2.05, 4.69) is 6.58 Å². The number of aliphatic carboxylic acids is 1. The zero-order valence-electron chi connectivity index (χ0n) is 13.9. The molecule has 0 unspecified atom stereocenters. The summed E-state index contributed by atoms with van der Waals surface area (Å²) >= 11 is 0. The molecule has 0 aliphatic heterocycles. The first-order valence-electron chi connectivity index (χ1n) is 7.36. The maximum absolute atomic E-state index is 12.0. The van der Waals surface area contributed by atoms with E-state index in [-0.39, 0.29) is 12.1 Å². The van der Waals surface area contributed by atoms with Crippen LogP contribution in [0.5, 0.6) is 0 Å². The number of carbonyl (C=O) groups excluding carboxylic acids is 1. The van der Waals surface area contributed by atoms with Crippen LogP contribution in [0.3, 0.4) is 0 Å². The van der Waals surface area contributed by atoms with Gasteiger partial charge in [-0.15, -0.1) is 6.58 Å². The van der Waals surface area contributed by atoms with Gasteiger partial charge in [0.15, 0.2) is 0 Å². The second-order valence-corrected chi connectivity index (χ2v) is 6.35. The standard InChI is InChI=1S/C17H21NO6/c1-5-13(11-6-8-12(9-7-11)18(22)23)14(16(20)21)10-15(19)24-17(2,3)4/h5-9,13-14H,1,10H2,2-4H3,(H,20,21)/t13-,14+/m1/s1. The molecule has 0 fully saturated rings. The highest BCUT2D eigenvalue weighted by Crippen LogP contribution is 2.30. The molecular formula is C17H21NO6. The normalized spacial score (nSPS) is 13.6. The third kappa shape index (κ3) is 5.49. The minimum atomic E-state index is -1.16. The molecule has 1 rings (SSSR count). The first-order chi connectivity index (χ1) is 11.0. The molecule has 0 saturated heterocycles. The van der Waals surface area contributed by atoms with Crippen molar-refractivity contribution < 1.29 is 24.4 Å². The Morgan fingerprint density at radius 1 is 1.33 bits per heavy atom. The molecule has 0 bridgehead atoms. The number of carbonyl (C=O) groups is 2. The quantitative estimate of drug-likeness (QED) is 0.354. The Hall–Kier alpha value is -2.70. The van der Waals surface area contributed by atoms with Crippen LogP contribution in [0, 0.1) is 16.0 Å². The van der Waals surface area contributed by atoms with Gasteiger partial charge in [0.25, 0.3) is 5.69 Å². The molecule has 24 heavy (non-hydrogen) atoms. The van der Waals surface area contributed by atoms with Crippen LogP contribution < -0.4 is 0 Å². The zero-order valence-corrected chi connectivity index (χ0v) is 13.9. The highest BCUT2D eigenvalue weighted by atomic mass is 16.6. The molecule has 0 spiro atoms. The lowest BCUT2D eigenvalue weighted by atomic mass is 9.84. The van der Waals surface area contributed by atoms with Gasteiger partial charge in [-0.05, 0) is 26.3 Å². The monoisotopic (exact) mass is 335 g/mol. The number of rotatable bonds is 7. The number of hydrogen-bond acceptors (Lipinski definition) is 5. The number of nitro groups is 1. The van der Waals surface area contributed by atoms with Crippen LogP contribution in [0.25, 0.3) is 0 Å². The average molecular weight is 335 g/mol. The van der Waals surface area contributed by atoms with Gasteiger partial charge in [-0.2, -0.15) is 0 Å². The minimum absolute atomic E-state index is 0.0967. The summed E-state index contributed by atoms with van der Waals surface area (Å²) in [5, 5.41) is 20.2. The van der Waals surface area contributed by atoms with E-state index < -0.39 is 34.3 Å². The van der Waals surface area contributed by atoms with E-state index in [0.717, 1.165) is 0 Å². The van der Waals surface area contributed by atoms with E-state index >= 15 is 0 Å². The number of hydrogen-bond donors (Lipinski definition) is 1. The summed E-state index contributed by atoms with van der Waals surface area (Å²) in [4.78, 5) is 33.7. The number of non-ortho nitro benzene ring substituents is 1. The Kier molecular flexibility index (Phi) is 6.22. The molecule has 0 amide bonds. The summed E-state index contributed by atoms with van der Waals surface area (Å²) in [5.74, 6) is -3.53. The van der Waals surface area contributed by atoms with Crippen LogP contribution in [0.2, 0.25) is 0 Å². The van der Waals surface area contributed by atoms with E-state index in [1.165, 1.54) is 30.3 Å². The fourth-order valence-corrected chi connectivity index (χ4v) is 2.28. The molecule has 7 nitrogen and oxygen atoms in total. The maximum Gasteiger partial charge on any atom is 0.308 e. The van der Waals surface area contributed by atoms with Crippen molar-refractivity contribution in [1.29, 1.82) is 0 Å². The van der Waals surface area contributed by atoms with Crippen molar-refractivity contribution in [3.8, 4) is 0 Å². The van der Waals surface area contributed by atoms with E-state index in [9.17, 15) is 24.8 Å². The second kappa shape index (κ2) is 7.72. The van der Waals surface area contributed by atoms with Crippen molar-refractivity contribution in [1.82, 2.24) is 0 Å². The molecule has 7 heteroatoms. The zero-order chi connectivity index (χ0) is 18.5. The summed E-state index contributed by atoms with van der Waals surface area (Å²) in [6.07, 6.45) is 1.10. The molecule has 1 aromatic carbocycles. The summed E-state index contributed by atoms with van der Waals surface area (Å²) in [5.41, 5.74) is -0.274. The topological polar surface area (TPSA) is 107 Å². The lowest BCUT2D eigenvalue weighted by Crippen LogP contribution is -2.29. The number of ether oxygens (including phenoxy) is 1. The molecule has 0 heterocycles. The number of carboxylic acids is 1. The van der Waals surface area contributed by atoms with Crippen molar-refractivity contribution in [2.45, 2.75) is 38.7 Å². The summed E-state index contributed by atoms with van der Waals surface area (Å²) in [7, 11) is 0. The fourth-order valence-electron chi connectivity index (χ4n) is 2.28. The van der Waals surface area contributed by atoms with Crippen LogP contribution in [-0.2, 0) is 14.3 Å². The van der Waals surface area contributed by atoms with Gasteiger partial charge in [-0.3, -0.25) is 19.7 Å². The van der Waals surface area contributed by atoms with Crippen LogP contribution in [0.1, 0.15) is 38.7 Å². The van der Waals surface area contributed by atoms with Crippen molar-refractivity contribution in [2.24, 2.45) is 5.92 Å². The van der Waals surface area contributed by atoms with Gasteiger partial charge in [-0.1, -0.05) is 18.2 Å². The van der Waals surface area contributed by atoms with Crippen molar-refractivity contribution in [3.63, 3.8) is 0 Å². The van der Waals surface area contributed by atoms with E-state index in [4.69, 9.17) is 4.74 Å². The Morgan fingerprint density at radius 3 is 2.25 bits per heavy atom. The molecule has 2 atom stereocenters. The molecule has 0 aromatic heterocycles. The second-order valence-electron chi connectivity index (χ2n) is 6.35. The largest absolute Gasteiger partial charge is 0.481 e. The number of nitrogens with zero attached hydrogens (tertiary/aromatic N) is 1. The maximum atomic E-state index is 12.0. The number of benzene rings is 1. The predicted molar refractivity (Wildman–Crippen MR) is 87.6 cm³/mol. The van der Waals surface area contributed by atoms with E-state index in [0.29, 0.717) is 5.56 Å². The van der Waals surface area contributed by atoms with Gasteiger partial charge in [-0.25, -0.2) is 0 Å². The minimum Gasteiger partial charge on any atom is -0.481 e. The third-order valence-corrected chi connectivity index (χ3v) is 3.30. The molecule has 1 aromatic rings. The summed E-state index contributed by atoms with van der Waals surface area (Å²) < 4.78 is 5.17. The van der Waals surface area contributed by atoms with Gasteiger partial charge in [0.2, 0.25) is 0 Å². The van der Waals surface area contributed by atoms with Crippen LogP contribution in [0.15, 0.2) is 36.9 Å². The van der Waals surface area contributed by atoms with Gasteiger partial charge < -0.3 is 9.84 Å². The molecule has 130 valence electrons. The average Bonchev–Trinajstić information content (AvgIpc) is 2.45. The lowest BCUT2D eigenvalue weighted by Gasteiger charge is -2.24. The Labute approximate surface area is 140 Å². The molecule has 0 aliphatic rings. The van der Waals surface area contributed by atoms with Crippen LogP contribution >= 0.6 is 0 Å². The van der Waals surface area contributed by atoms with Crippen molar-refractivity contribution >= 4 is 17.6 Å². The van der Waals surface area contributed by atoms with E-state index in [1.54, 1.807) is 20.8 Å². The SMILES string of the molecule is C=C[C@H](c1ccc([N+](=O)[O-])cc1)[C@H](CC(=O)OC(C)(C)C)C(=O)O. The van der Waals surface area contributed by atoms with E-state index in [1.807, 2.05) is 0 Å². The molecule has 0 saturated carbocycles. The highest BCUT2D eigenvalue weighted by molar-refractivity contribution is 5.80. The molecular weight excluding hydrogens is 314 g/mol. The first-order valence-corrected chi connectivity index (χ1v) is 7.36. The third-order valence-electron chi connectivity index (χ3n) is 3.30. The van der Waals surface area contributed by atoms with Gasteiger partial charge >= 0.3 is 11.9 Å². The van der Waals surface area contributed by atoms with Gasteiger partial charge in [0, 0.05) is 18.1 Å². The predicted octanol–water partition coefficient (Wildman–Crippen LogP) is 3.30. The Balaban J connectivity index is 3.03. The molecule has 0 aliphatic carbocycles.